The lowest BCUT2D eigenvalue weighted by atomic mass is 9.88. The second-order valence-corrected chi connectivity index (χ2v) is 8.35. The van der Waals surface area contributed by atoms with Crippen molar-refractivity contribution in [3.8, 4) is 11.3 Å². The van der Waals surface area contributed by atoms with Crippen molar-refractivity contribution >= 4 is 24.5 Å². The Morgan fingerprint density at radius 2 is 1.34 bits per heavy atom. The van der Waals surface area contributed by atoms with Crippen molar-refractivity contribution in [1.29, 1.82) is 0 Å². The van der Waals surface area contributed by atoms with Gasteiger partial charge in [0, 0.05) is 16.7 Å². The van der Waals surface area contributed by atoms with E-state index >= 15 is 0 Å². The Labute approximate surface area is 168 Å². The number of benzene rings is 2. The lowest BCUT2D eigenvalue weighted by Crippen LogP contribution is -2.26. The molecule has 1 aromatic heterocycles. The van der Waals surface area contributed by atoms with Gasteiger partial charge in [0.25, 0.3) is 0 Å². The Kier molecular flexibility index (Phi) is 5.09. The average molecular weight is 410 g/mol. The van der Waals surface area contributed by atoms with Crippen molar-refractivity contribution in [2.75, 3.05) is 13.2 Å². The molecule has 29 heavy (non-hydrogen) atoms. The quantitative estimate of drug-likeness (QED) is 0.432. The zero-order valence-corrected chi connectivity index (χ0v) is 16.9. The highest BCUT2D eigenvalue weighted by Crippen LogP contribution is 2.52. The number of furan rings is 1. The fourth-order valence-electron chi connectivity index (χ4n) is 3.48. The van der Waals surface area contributed by atoms with Crippen LogP contribution in [-0.4, -0.2) is 24.8 Å². The topological polar surface area (TPSA) is 82.8 Å². The first kappa shape index (κ1) is 19.5. The monoisotopic (exact) mass is 410 g/mol. The molecule has 0 saturated heterocycles. The molecule has 0 fully saturated rings. The molecular formula is C22H19O6P. The molecule has 1 heterocycles. The molecule has 1 aliphatic rings. The Morgan fingerprint density at radius 3 is 1.93 bits per heavy atom. The first-order chi connectivity index (χ1) is 14.0. The third-order valence-corrected chi connectivity index (χ3v) is 6.81. The van der Waals surface area contributed by atoms with Gasteiger partial charge in [-0.15, -0.1) is 0 Å². The largest absolute Gasteiger partial charge is 0.451 e. The molecule has 4 rings (SSSR count). The Hall–Kier alpha value is -2.79. The van der Waals surface area contributed by atoms with Gasteiger partial charge in [-0.05, 0) is 13.8 Å². The van der Waals surface area contributed by atoms with Gasteiger partial charge in [-0.2, -0.15) is 0 Å². The molecule has 0 bridgehead atoms. The average Bonchev–Trinajstić information content (AvgIpc) is 3.15. The molecule has 0 radical (unpaired) electrons. The van der Waals surface area contributed by atoms with E-state index in [0.29, 0.717) is 5.56 Å². The normalized spacial score (nSPS) is 13.3. The minimum Gasteiger partial charge on any atom is -0.451 e. The SMILES string of the molecule is CCOP(=O)(OCC)c1c(-c2ccccc2)oc2c1C(=O)c1ccccc1C2=O. The minimum atomic E-state index is -3.93. The molecule has 0 N–H and O–H groups in total. The van der Waals surface area contributed by atoms with Crippen LogP contribution in [0.15, 0.2) is 59.0 Å². The fraction of sp³-hybridized carbons (Fsp3) is 0.182. The van der Waals surface area contributed by atoms with Gasteiger partial charge in [0.1, 0.15) is 5.30 Å². The van der Waals surface area contributed by atoms with E-state index in [9.17, 15) is 14.2 Å². The molecule has 0 aliphatic heterocycles. The van der Waals surface area contributed by atoms with Crippen LogP contribution < -0.4 is 5.30 Å². The maximum absolute atomic E-state index is 13.7. The molecule has 0 spiro atoms. The highest BCUT2D eigenvalue weighted by Gasteiger charge is 2.45. The number of hydrogen-bond acceptors (Lipinski definition) is 6. The lowest BCUT2D eigenvalue weighted by molar-refractivity contribution is 0.0961. The molecule has 2 aromatic carbocycles. The molecule has 148 valence electrons. The highest BCUT2D eigenvalue weighted by atomic mass is 31.2. The molecule has 0 unspecified atom stereocenters. The zero-order chi connectivity index (χ0) is 20.6. The predicted octanol–water partition coefficient (Wildman–Crippen LogP) is 4.61. The van der Waals surface area contributed by atoms with Crippen LogP contribution in [0.2, 0.25) is 0 Å². The van der Waals surface area contributed by atoms with E-state index in [1.165, 1.54) is 0 Å². The summed E-state index contributed by atoms with van der Waals surface area (Å²) in [6.45, 7) is 3.57. The smallest absolute Gasteiger partial charge is 0.366 e. The summed E-state index contributed by atoms with van der Waals surface area (Å²) in [5.41, 5.74) is 1.03. The molecule has 3 aromatic rings. The summed E-state index contributed by atoms with van der Waals surface area (Å²) >= 11 is 0. The van der Waals surface area contributed by atoms with Gasteiger partial charge in [-0.25, -0.2) is 0 Å². The number of hydrogen-bond donors (Lipinski definition) is 0. The molecule has 0 atom stereocenters. The first-order valence-corrected chi connectivity index (χ1v) is 10.9. The molecular weight excluding hydrogens is 391 g/mol. The van der Waals surface area contributed by atoms with E-state index < -0.39 is 19.2 Å². The van der Waals surface area contributed by atoms with Gasteiger partial charge in [-0.1, -0.05) is 54.6 Å². The standard InChI is InChI=1S/C22H19O6P/c1-3-26-29(25,27-4-2)22-17-18(23)15-12-8-9-13-16(15)19(24)21(17)28-20(22)14-10-6-5-7-11-14/h5-13H,3-4H2,1-2H3. The maximum atomic E-state index is 13.7. The van der Waals surface area contributed by atoms with Gasteiger partial charge < -0.3 is 13.5 Å². The summed E-state index contributed by atoms with van der Waals surface area (Å²) in [7, 11) is -3.93. The van der Waals surface area contributed by atoms with Gasteiger partial charge in [0.05, 0.1) is 18.8 Å². The van der Waals surface area contributed by atoms with Crippen LogP contribution in [-0.2, 0) is 13.6 Å². The van der Waals surface area contributed by atoms with E-state index in [1.54, 1.807) is 62.4 Å². The van der Waals surface area contributed by atoms with Gasteiger partial charge >= 0.3 is 7.60 Å². The van der Waals surface area contributed by atoms with Crippen molar-refractivity contribution in [3.63, 3.8) is 0 Å². The van der Waals surface area contributed by atoms with Crippen LogP contribution in [0.25, 0.3) is 11.3 Å². The highest BCUT2D eigenvalue weighted by molar-refractivity contribution is 7.62. The van der Waals surface area contributed by atoms with Crippen LogP contribution in [0, 0.1) is 0 Å². The van der Waals surface area contributed by atoms with Crippen molar-refractivity contribution in [1.82, 2.24) is 0 Å². The number of fused-ring (bicyclic) bond motifs is 2. The van der Waals surface area contributed by atoms with E-state index in [2.05, 4.69) is 0 Å². The third-order valence-electron chi connectivity index (χ3n) is 4.64. The third kappa shape index (κ3) is 3.10. The summed E-state index contributed by atoms with van der Waals surface area (Å²) in [5, 5.41) is 0.00949. The summed E-state index contributed by atoms with van der Waals surface area (Å²) in [4.78, 5) is 26.4. The number of rotatable bonds is 6. The Bertz CT molecular complexity index is 1140. The maximum Gasteiger partial charge on any atom is 0.366 e. The van der Waals surface area contributed by atoms with Crippen LogP contribution in [0.1, 0.15) is 45.9 Å². The van der Waals surface area contributed by atoms with Crippen LogP contribution in [0.3, 0.4) is 0 Å². The van der Waals surface area contributed by atoms with Crippen molar-refractivity contribution in [2.45, 2.75) is 13.8 Å². The van der Waals surface area contributed by atoms with E-state index in [1.807, 2.05) is 6.07 Å². The number of carbonyl (C=O) groups is 2. The second-order valence-electron chi connectivity index (χ2n) is 6.39. The van der Waals surface area contributed by atoms with Crippen LogP contribution >= 0.6 is 7.60 Å². The van der Waals surface area contributed by atoms with Crippen molar-refractivity contribution < 1.29 is 27.6 Å². The minimum absolute atomic E-state index is 0.00949. The van der Waals surface area contributed by atoms with E-state index in [0.717, 1.165) is 0 Å². The Balaban J connectivity index is 2.06. The lowest BCUT2D eigenvalue weighted by Gasteiger charge is -2.19. The van der Waals surface area contributed by atoms with Crippen molar-refractivity contribution in [2.24, 2.45) is 0 Å². The van der Waals surface area contributed by atoms with Crippen molar-refractivity contribution in [3.05, 3.63) is 77.0 Å². The molecule has 0 amide bonds. The summed E-state index contributed by atoms with van der Waals surface area (Å²) in [6, 6.07) is 15.4. The predicted molar refractivity (Wildman–Crippen MR) is 108 cm³/mol. The zero-order valence-electron chi connectivity index (χ0n) is 16.0. The molecule has 1 aliphatic carbocycles. The Morgan fingerprint density at radius 1 is 0.793 bits per heavy atom. The summed E-state index contributed by atoms with van der Waals surface area (Å²) < 4.78 is 30.7. The molecule has 6 nitrogen and oxygen atoms in total. The summed E-state index contributed by atoms with van der Waals surface area (Å²) in [5.74, 6) is -0.855. The van der Waals surface area contributed by atoms with Crippen LogP contribution in [0.4, 0.5) is 0 Å². The molecule has 7 heteroatoms. The first-order valence-electron chi connectivity index (χ1n) is 9.32. The number of ketones is 2. The van der Waals surface area contributed by atoms with Gasteiger partial charge in [0.15, 0.2) is 17.3 Å². The van der Waals surface area contributed by atoms with Gasteiger partial charge in [-0.3, -0.25) is 14.2 Å². The summed E-state index contributed by atoms with van der Waals surface area (Å²) in [6.07, 6.45) is 0. The van der Waals surface area contributed by atoms with Crippen LogP contribution in [0.5, 0.6) is 0 Å². The fourth-order valence-corrected chi connectivity index (χ4v) is 5.39. The van der Waals surface area contributed by atoms with Gasteiger partial charge in [0.2, 0.25) is 5.78 Å². The van der Waals surface area contributed by atoms with E-state index in [-0.39, 0.29) is 46.7 Å². The molecule has 0 saturated carbocycles. The van der Waals surface area contributed by atoms with E-state index in [4.69, 9.17) is 13.5 Å². The second kappa shape index (κ2) is 7.56. The number of carbonyl (C=O) groups excluding carboxylic acids is 2.